The number of hydrogen-bond donors (Lipinski definition) is 1. The molecule has 2 heteroatoms. The Kier molecular flexibility index (Phi) is 13.3. The molecule has 0 spiro atoms. The molecular weight excluding hydrogens is 188 g/mol. The molecule has 0 radical (unpaired) electrons. The summed E-state index contributed by atoms with van der Waals surface area (Å²) in [5, 5.41) is 8.58. The number of hydrogen-bond acceptors (Lipinski definition) is 2. The van der Waals surface area contributed by atoms with Gasteiger partial charge in [0.1, 0.15) is 6.29 Å². The largest absolute Gasteiger partial charge is 0.396 e. The van der Waals surface area contributed by atoms with Gasteiger partial charge >= 0.3 is 0 Å². The molecular formula is C13H26O2. The molecule has 0 aliphatic carbocycles. The minimum atomic E-state index is 0.344. The number of unbranched alkanes of at least 4 members (excludes halogenated alkanes) is 10. The molecule has 0 saturated carbocycles. The summed E-state index contributed by atoms with van der Waals surface area (Å²) in [4.78, 5) is 10.0. The lowest BCUT2D eigenvalue weighted by molar-refractivity contribution is -0.107. The summed E-state index contributed by atoms with van der Waals surface area (Å²) in [5.41, 5.74) is 0. The van der Waals surface area contributed by atoms with Crippen LogP contribution in [0.4, 0.5) is 0 Å². The summed E-state index contributed by atoms with van der Waals surface area (Å²) in [6.45, 7) is 0.344. The summed E-state index contributed by atoms with van der Waals surface area (Å²) < 4.78 is 0. The molecule has 0 bridgehead atoms. The monoisotopic (exact) mass is 214 g/mol. The van der Waals surface area contributed by atoms with Crippen molar-refractivity contribution >= 4 is 6.29 Å². The van der Waals surface area contributed by atoms with Gasteiger partial charge in [-0.05, 0) is 12.8 Å². The Morgan fingerprint density at radius 3 is 1.47 bits per heavy atom. The second-order valence-electron chi connectivity index (χ2n) is 4.21. The van der Waals surface area contributed by atoms with Crippen LogP contribution in [0.1, 0.15) is 70.6 Å². The summed E-state index contributed by atoms with van der Waals surface area (Å²) in [6.07, 6.45) is 14.0. The highest BCUT2D eigenvalue weighted by atomic mass is 16.2. The van der Waals surface area contributed by atoms with Gasteiger partial charge in [-0.2, -0.15) is 0 Å². The van der Waals surface area contributed by atoms with Crippen molar-refractivity contribution in [1.82, 2.24) is 0 Å². The Hall–Kier alpha value is -0.370. The van der Waals surface area contributed by atoms with Crippen molar-refractivity contribution in [3.8, 4) is 0 Å². The van der Waals surface area contributed by atoms with E-state index in [-0.39, 0.29) is 0 Å². The van der Waals surface area contributed by atoms with Crippen molar-refractivity contribution in [3.05, 3.63) is 0 Å². The standard InChI is InChI=1S/C13H26O2/c14-12-10-8-6-4-2-1-3-5-7-9-11-13-15/h12,15H,1-11,13H2. The van der Waals surface area contributed by atoms with E-state index in [1.54, 1.807) is 0 Å². The molecule has 0 aromatic rings. The maximum atomic E-state index is 10.0. The van der Waals surface area contributed by atoms with Gasteiger partial charge in [0, 0.05) is 13.0 Å². The second-order valence-corrected chi connectivity index (χ2v) is 4.21. The molecule has 1 N–H and O–H groups in total. The van der Waals surface area contributed by atoms with Crippen LogP contribution in [0, 0.1) is 0 Å². The van der Waals surface area contributed by atoms with E-state index in [4.69, 9.17) is 5.11 Å². The third-order valence-electron chi connectivity index (χ3n) is 2.73. The average molecular weight is 214 g/mol. The number of rotatable bonds is 12. The zero-order valence-corrected chi connectivity index (χ0v) is 9.92. The molecule has 0 amide bonds. The normalized spacial score (nSPS) is 10.5. The van der Waals surface area contributed by atoms with Crippen molar-refractivity contribution in [2.75, 3.05) is 6.61 Å². The van der Waals surface area contributed by atoms with Crippen LogP contribution in [0.5, 0.6) is 0 Å². The Morgan fingerprint density at radius 2 is 1.07 bits per heavy atom. The number of aliphatic hydroxyl groups excluding tert-OH is 1. The molecule has 0 aromatic carbocycles. The predicted octanol–water partition coefficient (Wildman–Crippen LogP) is 3.47. The molecule has 0 atom stereocenters. The SMILES string of the molecule is O=CCCCCCCCCCCCCO. The van der Waals surface area contributed by atoms with Gasteiger partial charge in [0.25, 0.3) is 0 Å². The first-order valence-corrected chi connectivity index (χ1v) is 6.46. The Balaban J connectivity index is 2.83. The fourth-order valence-corrected chi connectivity index (χ4v) is 1.75. The third kappa shape index (κ3) is 13.6. The van der Waals surface area contributed by atoms with Gasteiger partial charge in [0.15, 0.2) is 0 Å². The fourth-order valence-electron chi connectivity index (χ4n) is 1.75. The van der Waals surface area contributed by atoms with Gasteiger partial charge in [0.05, 0.1) is 0 Å². The second kappa shape index (κ2) is 13.6. The predicted molar refractivity (Wildman–Crippen MR) is 63.9 cm³/mol. The van der Waals surface area contributed by atoms with E-state index in [2.05, 4.69) is 0 Å². The van der Waals surface area contributed by atoms with Gasteiger partial charge in [-0.25, -0.2) is 0 Å². The van der Waals surface area contributed by atoms with Crippen molar-refractivity contribution in [2.24, 2.45) is 0 Å². The van der Waals surface area contributed by atoms with E-state index in [1.165, 1.54) is 51.4 Å². The van der Waals surface area contributed by atoms with Crippen LogP contribution >= 0.6 is 0 Å². The highest BCUT2D eigenvalue weighted by molar-refractivity contribution is 5.48. The highest BCUT2D eigenvalue weighted by Gasteiger charge is 1.92. The zero-order valence-electron chi connectivity index (χ0n) is 9.92. The van der Waals surface area contributed by atoms with E-state index < -0.39 is 0 Å². The van der Waals surface area contributed by atoms with Crippen LogP contribution in [0.3, 0.4) is 0 Å². The first-order chi connectivity index (χ1) is 7.41. The minimum absolute atomic E-state index is 0.344. The van der Waals surface area contributed by atoms with Crippen molar-refractivity contribution < 1.29 is 9.90 Å². The molecule has 2 nitrogen and oxygen atoms in total. The van der Waals surface area contributed by atoms with E-state index in [9.17, 15) is 4.79 Å². The van der Waals surface area contributed by atoms with Crippen molar-refractivity contribution in [1.29, 1.82) is 0 Å². The molecule has 0 aromatic heterocycles. The third-order valence-corrected chi connectivity index (χ3v) is 2.73. The van der Waals surface area contributed by atoms with Gasteiger partial charge in [-0.15, -0.1) is 0 Å². The van der Waals surface area contributed by atoms with Crippen LogP contribution in [-0.2, 0) is 4.79 Å². The number of carbonyl (C=O) groups excluding carboxylic acids is 1. The fraction of sp³-hybridized carbons (Fsp3) is 0.923. The van der Waals surface area contributed by atoms with E-state index in [1.807, 2.05) is 0 Å². The molecule has 0 fully saturated rings. The summed E-state index contributed by atoms with van der Waals surface area (Å²) in [5.74, 6) is 0. The Morgan fingerprint density at radius 1 is 0.667 bits per heavy atom. The summed E-state index contributed by atoms with van der Waals surface area (Å²) in [7, 11) is 0. The topological polar surface area (TPSA) is 37.3 Å². The van der Waals surface area contributed by atoms with Crippen molar-refractivity contribution in [2.45, 2.75) is 70.6 Å². The first-order valence-electron chi connectivity index (χ1n) is 6.46. The van der Waals surface area contributed by atoms with E-state index in [0.29, 0.717) is 6.61 Å². The van der Waals surface area contributed by atoms with Gasteiger partial charge in [0.2, 0.25) is 0 Å². The van der Waals surface area contributed by atoms with Crippen LogP contribution < -0.4 is 0 Å². The maximum absolute atomic E-state index is 10.0. The van der Waals surface area contributed by atoms with Crippen LogP contribution in [0.15, 0.2) is 0 Å². The summed E-state index contributed by atoms with van der Waals surface area (Å²) >= 11 is 0. The number of carbonyl (C=O) groups is 1. The lowest BCUT2D eigenvalue weighted by atomic mass is 10.1. The van der Waals surface area contributed by atoms with E-state index >= 15 is 0 Å². The van der Waals surface area contributed by atoms with Crippen LogP contribution in [-0.4, -0.2) is 18.0 Å². The van der Waals surface area contributed by atoms with Gasteiger partial charge in [-0.3, -0.25) is 0 Å². The molecule has 0 unspecified atom stereocenters. The van der Waals surface area contributed by atoms with Crippen molar-refractivity contribution in [3.63, 3.8) is 0 Å². The molecule has 15 heavy (non-hydrogen) atoms. The molecule has 0 saturated heterocycles. The Bertz CT molecular complexity index is 124. The lowest BCUT2D eigenvalue weighted by Crippen LogP contribution is -1.84. The van der Waals surface area contributed by atoms with Crippen LogP contribution in [0.2, 0.25) is 0 Å². The zero-order chi connectivity index (χ0) is 11.2. The maximum Gasteiger partial charge on any atom is 0.119 e. The summed E-state index contributed by atoms with van der Waals surface area (Å²) in [6, 6.07) is 0. The van der Waals surface area contributed by atoms with Crippen LogP contribution in [0.25, 0.3) is 0 Å². The molecule has 0 aliphatic rings. The molecule has 0 rings (SSSR count). The number of aldehydes is 1. The molecule has 0 heterocycles. The van der Waals surface area contributed by atoms with Gasteiger partial charge < -0.3 is 9.90 Å². The number of aliphatic hydroxyl groups is 1. The average Bonchev–Trinajstić information content (AvgIpc) is 2.26. The highest BCUT2D eigenvalue weighted by Crippen LogP contribution is 2.10. The smallest absolute Gasteiger partial charge is 0.119 e. The first kappa shape index (κ1) is 14.6. The molecule has 90 valence electrons. The molecule has 0 aliphatic heterocycles. The lowest BCUT2D eigenvalue weighted by Gasteiger charge is -2.01. The van der Waals surface area contributed by atoms with E-state index in [0.717, 1.165) is 25.5 Å². The quantitative estimate of drug-likeness (QED) is 0.399. The van der Waals surface area contributed by atoms with Gasteiger partial charge in [-0.1, -0.05) is 51.4 Å². The minimum Gasteiger partial charge on any atom is -0.396 e. The Labute approximate surface area is 94.1 Å².